The van der Waals surface area contributed by atoms with Gasteiger partial charge in [-0.25, -0.2) is 15.0 Å². The van der Waals surface area contributed by atoms with Gasteiger partial charge in [0.15, 0.2) is 17.0 Å². The Morgan fingerprint density at radius 3 is 2.66 bits per heavy atom. The molecule has 0 unspecified atom stereocenters. The van der Waals surface area contributed by atoms with Crippen molar-refractivity contribution in [1.82, 2.24) is 29.7 Å². The average Bonchev–Trinajstić information content (AvgIpc) is 3.44. The molecule has 2 aliphatic rings. The summed E-state index contributed by atoms with van der Waals surface area (Å²) < 4.78 is 1.96. The lowest BCUT2D eigenvalue weighted by Gasteiger charge is -2.33. The predicted molar refractivity (Wildman–Crippen MR) is 112 cm³/mol. The smallest absolute Gasteiger partial charge is 0.251 e. The molecule has 1 amide bonds. The molecule has 3 heterocycles. The van der Waals surface area contributed by atoms with Crippen molar-refractivity contribution < 1.29 is 4.79 Å². The number of nitrogens with zero attached hydrogens (tertiary/aromatic N) is 6. The van der Waals surface area contributed by atoms with Gasteiger partial charge in [-0.3, -0.25) is 9.36 Å². The van der Waals surface area contributed by atoms with Gasteiger partial charge in [0.2, 0.25) is 0 Å². The van der Waals surface area contributed by atoms with E-state index in [-0.39, 0.29) is 5.91 Å². The number of rotatable bonds is 4. The Hall–Kier alpha value is -3.00. The van der Waals surface area contributed by atoms with Gasteiger partial charge in [-0.05, 0) is 44.5 Å². The summed E-state index contributed by atoms with van der Waals surface area (Å²) in [6.07, 6.45) is 5.53. The zero-order valence-electron chi connectivity index (χ0n) is 16.8. The van der Waals surface area contributed by atoms with Crippen LogP contribution in [0.5, 0.6) is 0 Å². The highest BCUT2D eigenvalue weighted by Gasteiger charge is 2.24. The van der Waals surface area contributed by atoms with Crippen LogP contribution in [0.4, 0.5) is 5.82 Å². The van der Waals surface area contributed by atoms with Crippen LogP contribution in [0.1, 0.15) is 28.8 Å². The highest BCUT2D eigenvalue weighted by atomic mass is 16.1. The summed E-state index contributed by atoms with van der Waals surface area (Å²) in [6, 6.07) is 6.11. The third-order valence-electron chi connectivity index (χ3n) is 5.76. The van der Waals surface area contributed by atoms with Crippen molar-refractivity contribution in [1.29, 1.82) is 0 Å². The van der Waals surface area contributed by atoms with Gasteiger partial charge in [-0.1, -0.05) is 6.07 Å². The van der Waals surface area contributed by atoms with Crippen LogP contribution < -0.4 is 10.2 Å². The van der Waals surface area contributed by atoms with E-state index < -0.39 is 0 Å². The number of aromatic nitrogens is 4. The zero-order valence-corrected chi connectivity index (χ0v) is 16.8. The van der Waals surface area contributed by atoms with Crippen molar-refractivity contribution in [3.8, 4) is 5.69 Å². The maximum absolute atomic E-state index is 12.5. The number of amides is 1. The van der Waals surface area contributed by atoms with Gasteiger partial charge in [-0.2, -0.15) is 0 Å². The number of benzene rings is 1. The van der Waals surface area contributed by atoms with Gasteiger partial charge in [0.05, 0.1) is 5.69 Å². The number of carbonyl (C=O) groups excluding carboxylic acids is 1. The van der Waals surface area contributed by atoms with E-state index in [0.717, 1.165) is 67.3 Å². The van der Waals surface area contributed by atoms with Gasteiger partial charge in [0, 0.05) is 37.8 Å². The van der Waals surface area contributed by atoms with E-state index in [1.54, 1.807) is 12.7 Å². The van der Waals surface area contributed by atoms with Crippen LogP contribution in [0.2, 0.25) is 0 Å². The molecule has 1 N–H and O–H groups in total. The van der Waals surface area contributed by atoms with Crippen LogP contribution in [0, 0.1) is 6.92 Å². The predicted octanol–water partition coefficient (Wildman–Crippen LogP) is 1.77. The summed E-state index contributed by atoms with van der Waals surface area (Å²) in [4.78, 5) is 30.8. The lowest BCUT2D eigenvalue weighted by molar-refractivity contribution is 0.0951. The molecule has 150 valence electrons. The quantitative estimate of drug-likeness (QED) is 0.730. The summed E-state index contributed by atoms with van der Waals surface area (Å²) in [6.45, 7) is 5.88. The van der Waals surface area contributed by atoms with E-state index in [2.05, 4.69) is 37.1 Å². The number of likely N-dealkylation sites (N-methyl/N-ethyl adjacent to an activating group) is 1. The number of fused-ring (bicyclic) bond motifs is 1. The molecule has 2 aromatic heterocycles. The minimum atomic E-state index is -0.0223. The van der Waals surface area contributed by atoms with Gasteiger partial charge in [-0.15, -0.1) is 0 Å². The summed E-state index contributed by atoms with van der Waals surface area (Å²) >= 11 is 0. The van der Waals surface area contributed by atoms with Crippen molar-refractivity contribution in [3.63, 3.8) is 0 Å². The summed E-state index contributed by atoms with van der Waals surface area (Å²) in [5.74, 6) is 0.855. The Kier molecular flexibility index (Phi) is 4.43. The third kappa shape index (κ3) is 3.44. The standard InChI is InChI=1S/C21H25N7O/c1-14-3-4-15(21(29)25-16-5-6-16)11-17(14)28-13-24-18-19(22-12-23-20(18)28)27-9-7-26(2)8-10-27/h3-4,11-13,16H,5-10H2,1-2H3,(H,25,29). The lowest BCUT2D eigenvalue weighted by atomic mass is 10.1. The number of nitrogens with one attached hydrogen (secondary N) is 1. The number of imidazole rings is 1. The summed E-state index contributed by atoms with van der Waals surface area (Å²) in [5, 5.41) is 3.05. The fourth-order valence-electron chi connectivity index (χ4n) is 3.75. The molecule has 2 fully saturated rings. The van der Waals surface area contributed by atoms with Crippen LogP contribution >= 0.6 is 0 Å². The van der Waals surface area contributed by atoms with E-state index in [4.69, 9.17) is 0 Å². The Labute approximate surface area is 169 Å². The topological polar surface area (TPSA) is 79.2 Å². The molecule has 0 spiro atoms. The van der Waals surface area contributed by atoms with Crippen LogP contribution in [-0.4, -0.2) is 69.6 Å². The minimum Gasteiger partial charge on any atom is -0.352 e. The molecule has 1 aliphatic heterocycles. The lowest BCUT2D eigenvalue weighted by Crippen LogP contribution is -2.44. The normalized spacial score (nSPS) is 17.7. The molecule has 0 radical (unpaired) electrons. The van der Waals surface area contributed by atoms with Crippen molar-refractivity contribution >= 4 is 22.9 Å². The van der Waals surface area contributed by atoms with Gasteiger partial charge >= 0.3 is 0 Å². The maximum Gasteiger partial charge on any atom is 0.251 e. The Balaban J connectivity index is 1.52. The largest absolute Gasteiger partial charge is 0.352 e. The first-order chi connectivity index (χ1) is 14.1. The molecular formula is C21H25N7O. The molecule has 29 heavy (non-hydrogen) atoms. The van der Waals surface area contributed by atoms with Crippen molar-refractivity contribution in [2.24, 2.45) is 0 Å². The van der Waals surface area contributed by atoms with Crippen molar-refractivity contribution in [3.05, 3.63) is 42.0 Å². The molecule has 1 aromatic carbocycles. The van der Waals surface area contributed by atoms with Crippen LogP contribution in [0.25, 0.3) is 16.9 Å². The molecule has 1 saturated carbocycles. The van der Waals surface area contributed by atoms with Crippen LogP contribution in [0.15, 0.2) is 30.9 Å². The molecule has 1 saturated heterocycles. The number of hydrogen-bond donors (Lipinski definition) is 1. The molecule has 8 nitrogen and oxygen atoms in total. The highest BCUT2D eigenvalue weighted by molar-refractivity contribution is 5.95. The third-order valence-corrected chi connectivity index (χ3v) is 5.76. The van der Waals surface area contributed by atoms with Crippen LogP contribution in [-0.2, 0) is 0 Å². The first-order valence-corrected chi connectivity index (χ1v) is 10.1. The van der Waals surface area contributed by atoms with Gasteiger partial charge in [0.25, 0.3) is 5.91 Å². The number of anilines is 1. The number of piperazine rings is 1. The second-order valence-corrected chi connectivity index (χ2v) is 8.02. The second kappa shape index (κ2) is 7.11. The highest BCUT2D eigenvalue weighted by Crippen LogP contribution is 2.27. The Morgan fingerprint density at radius 2 is 1.90 bits per heavy atom. The minimum absolute atomic E-state index is 0.0223. The van der Waals surface area contributed by atoms with Gasteiger partial charge < -0.3 is 15.1 Å². The molecule has 0 atom stereocenters. The van der Waals surface area contributed by atoms with E-state index in [1.807, 2.05) is 29.7 Å². The number of carbonyl (C=O) groups is 1. The van der Waals surface area contributed by atoms with Crippen molar-refractivity contribution in [2.75, 3.05) is 38.1 Å². The van der Waals surface area contributed by atoms with Crippen molar-refractivity contribution in [2.45, 2.75) is 25.8 Å². The Morgan fingerprint density at radius 1 is 1.10 bits per heavy atom. The zero-order chi connectivity index (χ0) is 20.0. The monoisotopic (exact) mass is 391 g/mol. The fraction of sp³-hybridized carbons (Fsp3) is 0.429. The molecule has 5 rings (SSSR count). The molecule has 8 heteroatoms. The fourth-order valence-corrected chi connectivity index (χ4v) is 3.75. The van der Waals surface area contributed by atoms with Crippen LogP contribution in [0.3, 0.4) is 0 Å². The molecule has 1 aliphatic carbocycles. The molecule has 0 bridgehead atoms. The van der Waals surface area contributed by atoms with E-state index in [9.17, 15) is 4.79 Å². The SMILES string of the molecule is Cc1ccc(C(=O)NC2CC2)cc1-n1cnc2c(N3CCN(C)CC3)ncnc21. The van der Waals surface area contributed by atoms with E-state index >= 15 is 0 Å². The first-order valence-electron chi connectivity index (χ1n) is 10.1. The molecule has 3 aromatic rings. The first kappa shape index (κ1) is 18.1. The number of hydrogen-bond acceptors (Lipinski definition) is 6. The maximum atomic E-state index is 12.5. The van der Waals surface area contributed by atoms with E-state index in [0.29, 0.717) is 11.6 Å². The average molecular weight is 391 g/mol. The van der Waals surface area contributed by atoms with Gasteiger partial charge in [0.1, 0.15) is 12.7 Å². The summed E-state index contributed by atoms with van der Waals surface area (Å²) in [7, 11) is 2.14. The molecular weight excluding hydrogens is 366 g/mol. The number of aryl methyl sites for hydroxylation is 1. The second-order valence-electron chi connectivity index (χ2n) is 8.02. The Bertz CT molecular complexity index is 1060. The van der Waals surface area contributed by atoms with E-state index in [1.165, 1.54) is 0 Å². The summed E-state index contributed by atoms with van der Waals surface area (Å²) in [5.41, 5.74) is 4.19.